The maximum absolute atomic E-state index is 13.0. The van der Waals surface area contributed by atoms with Crippen molar-refractivity contribution in [3.8, 4) is 11.5 Å². The molecule has 2 aromatic rings. The zero-order valence-electron chi connectivity index (χ0n) is 15.1. The molecule has 4 bridgehead atoms. The Morgan fingerprint density at radius 3 is 1.89 bits per heavy atom. The van der Waals surface area contributed by atoms with E-state index in [-0.39, 0.29) is 27.2 Å². The predicted molar refractivity (Wildman–Crippen MR) is 101 cm³/mol. The molecule has 6 rings (SSSR count). The molecule has 27 heavy (non-hydrogen) atoms. The zero-order chi connectivity index (χ0) is 18.8. The number of sulfone groups is 1. The van der Waals surface area contributed by atoms with Gasteiger partial charge in [0, 0.05) is 0 Å². The SMILES string of the molecule is O=S(=O)(c1ccc(O)cc1)c1ccc(O)c(C2C3CC4CC(C3)CC2C4)c1. The molecular formula is C22H24O4S. The van der Waals surface area contributed by atoms with E-state index in [1.807, 2.05) is 0 Å². The second kappa shape index (κ2) is 5.99. The molecule has 4 nitrogen and oxygen atoms in total. The first-order valence-corrected chi connectivity index (χ1v) is 11.3. The molecule has 0 aliphatic heterocycles. The van der Waals surface area contributed by atoms with Crippen LogP contribution in [0.25, 0.3) is 0 Å². The Morgan fingerprint density at radius 1 is 0.741 bits per heavy atom. The first-order chi connectivity index (χ1) is 12.9. The second-order valence-corrected chi connectivity index (χ2v) is 10.6. The van der Waals surface area contributed by atoms with E-state index in [1.165, 1.54) is 68.5 Å². The Bertz CT molecular complexity index is 950. The molecule has 0 aromatic heterocycles. The topological polar surface area (TPSA) is 74.6 Å². The van der Waals surface area contributed by atoms with Gasteiger partial charge in [-0.3, -0.25) is 0 Å². The van der Waals surface area contributed by atoms with Crippen LogP contribution in [0.3, 0.4) is 0 Å². The summed E-state index contributed by atoms with van der Waals surface area (Å²) in [5.74, 6) is 3.32. The van der Waals surface area contributed by atoms with E-state index in [1.54, 1.807) is 6.07 Å². The summed E-state index contributed by atoms with van der Waals surface area (Å²) in [5.41, 5.74) is 0.809. The molecule has 0 unspecified atom stereocenters. The molecule has 142 valence electrons. The molecule has 0 spiro atoms. The fourth-order valence-electron chi connectivity index (χ4n) is 6.16. The minimum atomic E-state index is -3.68. The lowest BCUT2D eigenvalue weighted by atomic mass is 9.50. The van der Waals surface area contributed by atoms with Gasteiger partial charge in [-0.1, -0.05) is 0 Å². The van der Waals surface area contributed by atoms with Crippen molar-refractivity contribution in [2.75, 3.05) is 0 Å². The van der Waals surface area contributed by atoms with E-state index in [0.717, 1.165) is 17.4 Å². The van der Waals surface area contributed by atoms with E-state index < -0.39 is 9.84 Å². The third-order valence-corrected chi connectivity index (χ3v) is 8.81. The van der Waals surface area contributed by atoms with Crippen LogP contribution in [0.15, 0.2) is 52.3 Å². The molecule has 0 atom stereocenters. The van der Waals surface area contributed by atoms with E-state index in [0.29, 0.717) is 11.8 Å². The quantitative estimate of drug-likeness (QED) is 0.819. The Morgan fingerprint density at radius 2 is 1.30 bits per heavy atom. The molecule has 5 heteroatoms. The first kappa shape index (κ1) is 17.1. The van der Waals surface area contributed by atoms with Crippen molar-refractivity contribution in [1.82, 2.24) is 0 Å². The van der Waals surface area contributed by atoms with Crippen molar-refractivity contribution in [1.29, 1.82) is 0 Å². The van der Waals surface area contributed by atoms with Crippen molar-refractivity contribution < 1.29 is 18.6 Å². The summed E-state index contributed by atoms with van der Waals surface area (Å²) in [7, 11) is -3.68. The van der Waals surface area contributed by atoms with Gasteiger partial charge < -0.3 is 10.2 Å². The number of benzene rings is 2. The molecule has 4 fully saturated rings. The summed E-state index contributed by atoms with van der Waals surface area (Å²) in [4.78, 5) is 0.372. The summed E-state index contributed by atoms with van der Waals surface area (Å²) in [6.07, 6.45) is 6.22. The molecule has 4 aliphatic rings. The molecule has 4 aliphatic carbocycles. The number of phenolic OH excluding ortho intramolecular Hbond substituents is 2. The molecule has 0 heterocycles. The Kier molecular flexibility index (Phi) is 3.80. The van der Waals surface area contributed by atoms with E-state index in [2.05, 4.69) is 0 Å². The lowest BCUT2D eigenvalue weighted by molar-refractivity contribution is -0.00354. The van der Waals surface area contributed by atoms with Gasteiger partial charge >= 0.3 is 0 Å². The summed E-state index contributed by atoms with van der Waals surface area (Å²) in [6, 6.07) is 10.3. The van der Waals surface area contributed by atoms with Crippen molar-refractivity contribution in [3.63, 3.8) is 0 Å². The van der Waals surface area contributed by atoms with Gasteiger partial charge in [0.15, 0.2) is 0 Å². The minimum absolute atomic E-state index is 0.0361. The number of phenols is 2. The van der Waals surface area contributed by atoms with E-state index in [9.17, 15) is 18.6 Å². The number of aromatic hydroxyl groups is 2. The van der Waals surface area contributed by atoms with Gasteiger partial charge in [0.25, 0.3) is 0 Å². The van der Waals surface area contributed by atoms with Crippen LogP contribution in [0.1, 0.15) is 43.6 Å². The molecule has 4 saturated carbocycles. The zero-order valence-corrected chi connectivity index (χ0v) is 15.9. The van der Waals surface area contributed by atoms with Crippen molar-refractivity contribution in [3.05, 3.63) is 48.0 Å². The number of hydrogen-bond acceptors (Lipinski definition) is 4. The molecule has 2 aromatic carbocycles. The highest BCUT2D eigenvalue weighted by atomic mass is 32.2. The molecule has 0 saturated heterocycles. The smallest absolute Gasteiger partial charge is 0.206 e. The maximum Gasteiger partial charge on any atom is 0.206 e. The number of rotatable bonds is 3. The highest BCUT2D eigenvalue weighted by Gasteiger charge is 2.49. The lowest BCUT2D eigenvalue weighted by Crippen LogP contribution is -2.43. The number of hydrogen-bond donors (Lipinski definition) is 2. The average molecular weight is 384 g/mol. The van der Waals surface area contributed by atoms with Gasteiger partial charge in [0.05, 0.1) is 9.79 Å². The van der Waals surface area contributed by atoms with Crippen LogP contribution in [-0.4, -0.2) is 18.6 Å². The largest absolute Gasteiger partial charge is 0.508 e. The second-order valence-electron chi connectivity index (χ2n) is 8.67. The Hall–Kier alpha value is -2.01. The minimum Gasteiger partial charge on any atom is -0.508 e. The van der Waals surface area contributed by atoms with Crippen LogP contribution in [0.2, 0.25) is 0 Å². The van der Waals surface area contributed by atoms with Gasteiger partial charge in [-0.05, 0) is 110 Å². The summed E-state index contributed by atoms with van der Waals surface area (Å²) in [5, 5.41) is 20.0. The molecule has 0 amide bonds. The summed E-state index contributed by atoms with van der Waals surface area (Å²) >= 11 is 0. The van der Waals surface area contributed by atoms with Crippen molar-refractivity contribution in [2.24, 2.45) is 23.7 Å². The highest BCUT2D eigenvalue weighted by molar-refractivity contribution is 7.91. The Balaban J connectivity index is 1.55. The third kappa shape index (κ3) is 2.75. The first-order valence-electron chi connectivity index (χ1n) is 9.79. The fraction of sp³-hybridized carbons (Fsp3) is 0.455. The van der Waals surface area contributed by atoms with Crippen LogP contribution in [0.5, 0.6) is 11.5 Å². The van der Waals surface area contributed by atoms with Crippen molar-refractivity contribution in [2.45, 2.75) is 47.8 Å². The van der Waals surface area contributed by atoms with Crippen molar-refractivity contribution >= 4 is 9.84 Å². The molecule has 0 radical (unpaired) electrons. The molecule has 2 N–H and O–H groups in total. The van der Waals surface area contributed by atoms with E-state index in [4.69, 9.17) is 0 Å². The van der Waals surface area contributed by atoms with Crippen LogP contribution in [-0.2, 0) is 9.84 Å². The van der Waals surface area contributed by atoms with Crippen LogP contribution < -0.4 is 0 Å². The van der Waals surface area contributed by atoms with Crippen LogP contribution >= 0.6 is 0 Å². The van der Waals surface area contributed by atoms with Gasteiger partial charge in [0.2, 0.25) is 9.84 Å². The van der Waals surface area contributed by atoms with Gasteiger partial charge in [-0.2, -0.15) is 0 Å². The van der Waals surface area contributed by atoms with Crippen LogP contribution in [0, 0.1) is 23.7 Å². The third-order valence-electron chi connectivity index (χ3n) is 7.04. The average Bonchev–Trinajstić information content (AvgIpc) is 2.62. The predicted octanol–water partition coefficient (Wildman–Crippen LogP) is 4.47. The Labute approximate surface area is 159 Å². The monoisotopic (exact) mass is 384 g/mol. The van der Waals surface area contributed by atoms with Gasteiger partial charge in [0.1, 0.15) is 11.5 Å². The maximum atomic E-state index is 13.0. The van der Waals surface area contributed by atoms with E-state index >= 15 is 0 Å². The van der Waals surface area contributed by atoms with Gasteiger partial charge in [-0.25, -0.2) is 8.42 Å². The summed E-state index contributed by atoms with van der Waals surface area (Å²) in [6.45, 7) is 0. The summed E-state index contributed by atoms with van der Waals surface area (Å²) < 4.78 is 26.1. The highest BCUT2D eigenvalue weighted by Crippen LogP contribution is 2.60. The normalized spacial score (nSPS) is 31.9. The molecular weight excluding hydrogens is 360 g/mol. The fourth-order valence-corrected chi connectivity index (χ4v) is 7.46. The van der Waals surface area contributed by atoms with Gasteiger partial charge in [-0.15, -0.1) is 0 Å². The lowest BCUT2D eigenvalue weighted by Gasteiger charge is -2.54. The standard InChI is InChI=1S/C22H24O4S/c23-17-1-3-18(4-2-17)27(25,26)19-5-6-21(24)20(12-19)22-15-8-13-7-14(10-15)11-16(22)9-13/h1-6,12-16,22-24H,7-11H2. The van der Waals surface area contributed by atoms with Crippen LogP contribution in [0.4, 0.5) is 0 Å².